The summed E-state index contributed by atoms with van der Waals surface area (Å²) in [6.07, 6.45) is 0.858. The Kier molecular flexibility index (Phi) is 2.47. The van der Waals surface area contributed by atoms with Crippen LogP contribution >= 0.6 is 0 Å². The Morgan fingerprint density at radius 1 is 1.58 bits per heavy atom. The van der Waals surface area contributed by atoms with E-state index in [2.05, 4.69) is 18.7 Å². The van der Waals surface area contributed by atoms with Crippen molar-refractivity contribution in [2.45, 2.75) is 38.3 Å². The van der Waals surface area contributed by atoms with Gasteiger partial charge in [-0.3, -0.25) is 4.90 Å². The number of β-amino-alcohol motifs (C(OH)–C–C–N with tert-alkyl or cyclic N) is 1. The van der Waals surface area contributed by atoms with Crippen LogP contribution in [0.4, 0.5) is 0 Å². The van der Waals surface area contributed by atoms with Gasteiger partial charge in [-0.15, -0.1) is 0 Å². The summed E-state index contributed by atoms with van der Waals surface area (Å²) >= 11 is 0. The second-order valence-corrected chi connectivity index (χ2v) is 4.69. The molecule has 12 heavy (non-hydrogen) atoms. The van der Waals surface area contributed by atoms with Crippen molar-refractivity contribution in [3.63, 3.8) is 0 Å². The average molecular weight is 172 g/mol. The fraction of sp³-hybridized carbons (Fsp3) is 1.00. The van der Waals surface area contributed by atoms with Crippen molar-refractivity contribution in [2.24, 2.45) is 5.73 Å². The van der Waals surface area contributed by atoms with Gasteiger partial charge in [0.05, 0.1) is 5.60 Å². The minimum absolute atomic E-state index is 0.0283. The number of nitrogens with zero attached hydrogens (tertiary/aromatic N) is 1. The third-order valence-corrected chi connectivity index (χ3v) is 2.81. The highest BCUT2D eigenvalue weighted by Gasteiger charge is 2.37. The van der Waals surface area contributed by atoms with E-state index >= 15 is 0 Å². The van der Waals surface area contributed by atoms with Gasteiger partial charge in [-0.05, 0) is 27.2 Å². The quantitative estimate of drug-likeness (QED) is 0.625. The molecule has 1 aliphatic heterocycles. The maximum atomic E-state index is 9.74. The van der Waals surface area contributed by atoms with Gasteiger partial charge in [0.15, 0.2) is 0 Å². The molecule has 0 saturated carbocycles. The van der Waals surface area contributed by atoms with Crippen LogP contribution in [0.15, 0.2) is 0 Å². The van der Waals surface area contributed by atoms with Crippen LogP contribution in [0.1, 0.15) is 27.2 Å². The molecule has 3 heteroatoms. The highest BCUT2D eigenvalue weighted by Crippen LogP contribution is 2.26. The van der Waals surface area contributed by atoms with Crippen LogP contribution in [-0.4, -0.2) is 40.8 Å². The number of hydrogen-bond acceptors (Lipinski definition) is 3. The lowest BCUT2D eigenvalue weighted by molar-refractivity contribution is 0.0508. The molecule has 1 heterocycles. The van der Waals surface area contributed by atoms with E-state index in [1.165, 1.54) is 0 Å². The van der Waals surface area contributed by atoms with Crippen molar-refractivity contribution in [2.75, 3.05) is 19.6 Å². The first-order valence-corrected chi connectivity index (χ1v) is 4.55. The zero-order valence-corrected chi connectivity index (χ0v) is 8.30. The average Bonchev–Trinajstić information content (AvgIpc) is 2.31. The lowest BCUT2D eigenvalue weighted by Gasteiger charge is -2.34. The van der Waals surface area contributed by atoms with Gasteiger partial charge in [-0.2, -0.15) is 0 Å². The molecule has 3 nitrogen and oxygen atoms in total. The van der Waals surface area contributed by atoms with E-state index in [4.69, 9.17) is 5.73 Å². The molecule has 1 fully saturated rings. The van der Waals surface area contributed by atoms with E-state index in [1.54, 1.807) is 0 Å². The van der Waals surface area contributed by atoms with Crippen LogP contribution in [0.5, 0.6) is 0 Å². The molecule has 0 aromatic carbocycles. The van der Waals surface area contributed by atoms with E-state index < -0.39 is 5.60 Å². The smallest absolute Gasteiger partial charge is 0.0758 e. The summed E-state index contributed by atoms with van der Waals surface area (Å²) in [6, 6.07) is 0. The van der Waals surface area contributed by atoms with E-state index in [-0.39, 0.29) is 5.54 Å². The molecule has 3 N–H and O–H groups in total. The summed E-state index contributed by atoms with van der Waals surface area (Å²) in [5.41, 5.74) is 5.17. The summed E-state index contributed by atoms with van der Waals surface area (Å²) in [5, 5.41) is 9.74. The normalized spacial score (nSPS) is 32.8. The van der Waals surface area contributed by atoms with E-state index in [9.17, 15) is 5.11 Å². The fourth-order valence-corrected chi connectivity index (χ4v) is 1.59. The van der Waals surface area contributed by atoms with Gasteiger partial charge in [-0.25, -0.2) is 0 Å². The molecule has 0 aromatic heterocycles. The van der Waals surface area contributed by atoms with Gasteiger partial charge >= 0.3 is 0 Å². The lowest BCUT2D eigenvalue weighted by Crippen LogP contribution is -2.49. The Morgan fingerprint density at radius 3 is 2.50 bits per heavy atom. The molecule has 1 rings (SSSR count). The van der Waals surface area contributed by atoms with Crippen molar-refractivity contribution >= 4 is 0 Å². The summed E-state index contributed by atoms with van der Waals surface area (Å²) < 4.78 is 0. The Morgan fingerprint density at radius 2 is 2.17 bits per heavy atom. The number of nitrogens with two attached hydrogens (primary N) is 1. The molecule has 0 spiro atoms. The van der Waals surface area contributed by atoms with Crippen molar-refractivity contribution in [3.05, 3.63) is 0 Å². The minimum Gasteiger partial charge on any atom is -0.389 e. The molecule has 1 saturated heterocycles. The maximum Gasteiger partial charge on any atom is 0.0758 e. The van der Waals surface area contributed by atoms with E-state index in [0.29, 0.717) is 6.54 Å². The van der Waals surface area contributed by atoms with Crippen LogP contribution in [0.25, 0.3) is 0 Å². The van der Waals surface area contributed by atoms with Gasteiger partial charge < -0.3 is 10.8 Å². The molecule has 0 aliphatic carbocycles. The Balaban J connectivity index is 2.58. The molecule has 1 aliphatic rings. The topological polar surface area (TPSA) is 49.5 Å². The Hall–Kier alpha value is -0.120. The summed E-state index contributed by atoms with van der Waals surface area (Å²) in [7, 11) is 0. The molecule has 0 bridgehead atoms. The van der Waals surface area contributed by atoms with Crippen molar-refractivity contribution < 1.29 is 5.11 Å². The van der Waals surface area contributed by atoms with Crippen molar-refractivity contribution in [3.8, 4) is 0 Å². The van der Waals surface area contributed by atoms with E-state index in [1.807, 2.05) is 6.92 Å². The molecule has 0 radical (unpaired) electrons. The van der Waals surface area contributed by atoms with Gasteiger partial charge in [0.1, 0.15) is 0 Å². The molecule has 0 amide bonds. The lowest BCUT2D eigenvalue weighted by atomic mass is 10.0. The van der Waals surface area contributed by atoms with Crippen LogP contribution in [0.2, 0.25) is 0 Å². The van der Waals surface area contributed by atoms with E-state index in [0.717, 1.165) is 19.5 Å². The SMILES string of the molecule is CC1(O)CCN(C(C)(C)CN)C1. The molecule has 1 atom stereocenters. The monoisotopic (exact) mass is 172 g/mol. The number of likely N-dealkylation sites (tertiary alicyclic amines) is 1. The second-order valence-electron chi connectivity index (χ2n) is 4.69. The molecule has 0 aromatic rings. The fourth-order valence-electron chi connectivity index (χ4n) is 1.59. The summed E-state index contributed by atoms with van der Waals surface area (Å²) in [6.45, 7) is 8.47. The first-order chi connectivity index (χ1) is 5.37. The van der Waals surface area contributed by atoms with Gasteiger partial charge in [0.2, 0.25) is 0 Å². The standard InChI is InChI=1S/C9H20N2O/c1-8(2,6-10)11-5-4-9(3,12)7-11/h12H,4-7,10H2,1-3H3. The zero-order valence-electron chi connectivity index (χ0n) is 8.30. The third kappa shape index (κ3) is 1.97. The second kappa shape index (κ2) is 2.98. The van der Waals surface area contributed by atoms with Gasteiger partial charge in [0, 0.05) is 25.2 Å². The summed E-state index contributed by atoms with van der Waals surface area (Å²) in [5.74, 6) is 0. The van der Waals surface area contributed by atoms with Gasteiger partial charge in [0.25, 0.3) is 0 Å². The predicted octanol–water partition coefficient (Wildman–Crippen LogP) is 0.180. The van der Waals surface area contributed by atoms with Crippen LogP contribution in [0.3, 0.4) is 0 Å². The van der Waals surface area contributed by atoms with Gasteiger partial charge in [-0.1, -0.05) is 0 Å². The van der Waals surface area contributed by atoms with Crippen LogP contribution in [0, 0.1) is 0 Å². The minimum atomic E-state index is -0.507. The maximum absolute atomic E-state index is 9.74. The van der Waals surface area contributed by atoms with Crippen molar-refractivity contribution in [1.29, 1.82) is 0 Å². The molecular formula is C9H20N2O. The first kappa shape index (κ1) is 9.96. The van der Waals surface area contributed by atoms with Crippen molar-refractivity contribution in [1.82, 2.24) is 4.90 Å². The Bertz CT molecular complexity index is 166. The Labute approximate surface area is 74.5 Å². The third-order valence-electron chi connectivity index (χ3n) is 2.81. The summed E-state index contributed by atoms with van der Waals surface area (Å²) in [4.78, 5) is 2.26. The molecule has 1 unspecified atom stereocenters. The highest BCUT2D eigenvalue weighted by molar-refractivity contribution is 4.94. The predicted molar refractivity (Wildman–Crippen MR) is 49.9 cm³/mol. The number of aliphatic hydroxyl groups is 1. The number of hydrogen-bond donors (Lipinski definition) is 2. The molecular weight excluding hydrogens is 152 g/mol. The zero-order chi connectivity index (χ0) is 9.41. The number of rotatable bonds is 2. The first-order valence-electron chi connectivity index (χ1n) is 4.55. The van der Waals surface area contributed by atoms with Crippen LogP contribution < -0.4 is 5.73 Å². The largest absolute Gasteiger partial charge is 0.389 e. The van der Waals surface area contributed by atoms with Crippen LogP contribution in [-0.2, 0) is 0 Å². The molecule has 72 valence electrons. The highest BCUT2D eigenvalue weighted by atomic mass is 16.3.